The Morgan fingerprint density at radius 2 is 1.96 bits per heavy atom. The average molecular weight is 427 g/mol. The summed E-state index contributed by atoms with van der Waals surface area (Å²) in [5.74, 6) is -0.846. The highest BCUT2D eigenvalue weighted by Gasteiger charge is 2.28. The van der Waals surface area contributed by atoms with Gasteiger partial charge in [0, 0.05) is 13.1 Å². The molecule has 1 aliphatic heterocycles. The molecule has 0 saturated carbocycles. The van der Waals surface area contributed by atoms with E-state index in [2.05, 4.69) is 5.32 Å². The van der Waals surface area contributed by atoms with Crippen LogP contribution in [0.1, 0.15) is 29.0 Å². The lowest BCUT2D eigenvalue weighted by molar-refractivity contribution is -0.124. The van der Waals surface area contributed by atoms with Gasteiger partial charge in [0.05, 0.1) is 28.3 Å². The predicted octanol–water partition coefficient (Wildman–Crippen LogP) is 2.19. The highest BCUT2D eigenvalue weighted by Crippen LogP contribution is 2.25. The minimum Gasteiger partial charge on any atom is -0.467 e. The van der Waals surface area contributed by atoms with Gasteiger partial charge in [-0.3, -0.25) is 4.79 Å². The van der Waals surface area contributed by atoms with Gasteiger partial charge in [0.2, 0.25) is 10.0 Å². The Bertz CT molecular complexity index is 952. The first-order valence-corrected chi connectivity index (χ1v) is 10.5. The van der Waals surface area contributed by atoms with Crippen molar-refractivity contribution < 1.29 is 27.2 Å². The fourth-order valence-corrected chi connectivity index (χ4v) is 4.50. The van der Waals surface area contributed by atoms with Crippen LogP contribution in [-0.4, -0.2) is 44.3 Å². The molecule has 0 atom stereocenters. The van der Waals surface area contributed by atoms with Crippen molar-refractivity contribution in [3.05, 3.63) is 52.9 Å². The molecule has 0 aliphatic carbocycles. The van der Waals surface area contributed by atoms with Crippen LogP contribution >= 0.6 is 11.6 Å². The lowest BCUT2D eigenvalue weighted by Gasteiger charge is -2.16. The number of nitrogens with one attached hydrogen (secondary N) is 1. The molecule has 1 aliphatic rings. The van der Waals surface area contributed by atoms with Crippen molar-refractivity contribution in [3.63, 3.8) is 0 Å². The highest BCUT2D eigenvalue weighted by molar-refractivity contribution is 7.89. The Morgan fingerprint density at radius 1 is 1.21 bits per heavy atom. The van der Waals surface area contributed by atoms with E-state index in [0.717, 1.165) is 12.8 Å². The third kappa shape index (κ3) is 4.73. The zero-order chi connectivity index (χ0) is 20.1. The second-order valence-electron chi connectivity index (χ2n) is 6.19. The van der Waals surface area contributed by atoms with Gasteiger partial charge < -0.3 is 14.5 Å². The van der Waals surface area contributed by atoms with Gasteiger partial charge >= 0.3 is 5.97 Å². The number of nitrogens with zero attached hydrogens (tertiary/aromatic N) is 1. The molecule has 0 radical (unpaired) electrons. The van der Waals surface area contributed by atoms with E-state index in [9.17, 15) is 18.0 Å². The van der Waals surface area contributed by atoms with Crippen molar-refractivity contribution in [2.75, 3.05) is 19.7 Å². The summed E-state index contributed by atoms with van der Waals surface area (Å²) in [5.41, 5.74) is -0.110. The standard InChI is InChI=1S/C18H19ClN2O6S/c19-16-6-5-14(28(24,25)21-7-1-2-8-21)10-15(16)18(23)27-12-17(22)20-11-13-4-3-9-26-13/h3-6,9-10H,1-2,7-8,11-12H2,(H,20,22). The Morgan fingerprint density at radius 3 is 2.64 bits per heavy atom. The molecule has 2 aromatic rings. The normalized spacial score (nSPS) is 14.8. The maximum absolute atomic E-state index is 12.6. The number of ether oxygens (including phenoxy) is 1. The van der Waals surface area contributed by atoms with Gasteiger partial charge in [0.15, 0.2) is 6.61 Å². The van der Waals surface area contributed by atoms with Gasteiger partial charge in [0.25, 0.3) is 5.91 Å². The van der Waals surface area contributed by atoms with Crippen LogP contribution in [-0.2, 0) is 26.1 Å². The van der Waals surface area contributed by atoms with Gasteiger partial charge in [0.1, 0.15) is 5.76 Å². The van der Waals surface area contributed by atoms with E-state index < -0.39 is 28.5 Å². The van der Waals surface area contributed by atoms with Crippen LogP contribution in [0.15, 0.2) is 45.9 Å². The molecule has 1 amide bonds. The van der Waals surface area contributed by atoms with Crippen molar-refractivity contribution in [1.82, 2.24) is 9.62 Å². The minimum absolute atomic E-state index is 0.0342. The van der Waals surface area contributed by atoms with Crippen molar-refractivity contribution in [2.45, 2.75) is 24.3 Å². The first kappa shape index (κ1) is 20.4. The molecule has 8 nitrogen and oxygen atoms in total. The number of amides is 1. The van der Waals surface area contributed by atoms with E-state index >= 15 is 0 Å². The molecule has 1 N–H and O–H groups in total. The molecular formula is C18H19ClN2O6S. The molecule has 3 rings (SSSR count). The van der Waals surface area contributed by atoms with E-state index in [0.29, 0.717) is 18.8 Å². The van der Waals surface area contributed by atoms with Crippen LogP contribution in [0.25, 0.3) is 0 Å². The van der Waals surface area contributed by atoms with E-state index in [1.165, 1.54) is 28.8 Å². The van der Waals surface area contributed by atoms with Crippen molar-refractivity contribution >= 4 is 33.5 Å². The van der Waals surface area contributed by atoms with Crippen LogP contribution in [0.3, 0.4) is 0 Å². The number of carbonyl (C=O) groups excluding carboxylic acids is 2. The second-order valence-corrected chi connectivity index (χ2v) is 8.53. The SMILES string of the molecule is O=C(COC(=O)c1cc(S(=O)(=O)N2CCCC2)ccc1Cl)NCc1ccco1. The average Bonchev–Trinajstić information content (AvgIpc) is 3.38. The van der Waals surface area contributed by atoms with E-state index in [1.54, 1.807) is 12.1 Å². The lowest BCUT2D eigenvalue weighted by atomic mass is 10.2. The van der Waals surface area contributed by atoms with Crippen LogP contribution in [0, 0.1) is 0 Å². The molecule has 0 unspecified atom stereocenters. The number of carbonyl (C=O) groups is 2. The molecule has 150 valence electrons. The fourth-order valence-electron chi connectivity index (χ4n) is 2.76. The summed E-state index contributed by atoms with van der Waals surface area (Å²) < 4.78 is 36.7. The zero-order valence-corrected chi connectivity index (χ0v) is 16.5. The Hall–Kier alpha value is -2.36. The van der Waals surface area contributed by atoms with Gasteiger partial charge in [-0.2, -0.15) is 4.31 Å². The third-order valence-electron chi connectivity index (χ3n) is 4.23. The van der Waals surface area contributed by atoms with Crippen LogP contribution in [0.5, 0.6) is 0 Å². The first-order valence-electron chi connectivity index (χ1n) is 8.64. The lowest BCUT2D eigenvalue weighted by Crippen LogP contribution is -2.29. The molecule has 1 saturated heterocycles. The number of esters is 1. The number of furan rings is 1. The van der Waals surface area contributed by atoms with E-state index in [-0.39, 0.29) is 22.0 Å². The molecule has 10 heteroatoms. The molecule has 0 bridgehead atoms. The summed E-state index contributed by atoms with van der Waals surface area (Å²) in [6.45, 7) is 0.522. The van der Waals surface area contributed by atoms with Crippen LogP contribution in [0.4, 0.5) is 0 Å². The molecule has 2 heterocycles. The molecule has 1 aromatic heterocycles. The Balaban J connectivity index is 1.63. The predicted molar refractivity (Wildman–Crippen MR) is 100 cm³/mol. The Kier molecular flexibility index (Phi) is 6.38. The fraction of sp³-hybridized carbons (Fsp3) is 0.333. The topological polar surface area (TPSA) is 106 Å². The molecule has 28 heavy (non-hydrogen) atoms. The second kappa shape index (κ2) is 8.76. The summed E-state index contributed by atoms with van der Waals surface area (Å²) in [5, 5.41) is 2.58. The quantitative estimate of drug-likeness (QED) is 0.680. The summed E-state index contributed by atoms with van der Waals surface area (Å²) in [6, 6.07) is 7.24. The molecular weight excluding hydrogens is 408 g/mol. The van der Waals surface area contributed by atoms with Crippen molar-refractivity contribution in [3.8, 4) is 0 Å². The van der Waals surface area contributed by atoms with Crippen molar-refractivity contribution in [2.24, 2.45) is 0 Å². The maximum atomic E-state index is 12.6. The number of hydrogen-bond acceptors (Lipinski definition) is 6. The zero-order valence-electron chi connectivity index (χ0n) is 14.9. The number of halogens is 1. The summed E-state index contributed by atoms with van der Waals surface area (Å²) >= 11 is 6.02. The molecule has 1 fully saturated rings. The molecule has 1 aromatic carbocycles. The van der Waals surface area contributed by atoms with Crippen LogP contribution < -0.4 is 5.32 Å². The van der Waals surface area contributed by atoms with Crippen LogP contribution in [0.2, 0.25) is 5.02 Å². The Labute approximate surface area is 167 Å². The highest BCUT2D eigenvalue weighted by atomic mass is 35.5. The number of sulfonamides is 1. The number of hydrogen-bond donors (Lipinski definition) is 1. The summed E-state index contributed by atoms with van der Waals surface area (Å²) in [4.78, 5) is 24.0. The molecule has 0 spiro atoms. The van der Waals surface area contributed by atoms with E-state index in [4.69, 9.17) is 20.8 Å². The summed E-state index contributed by atoms with van der Waals surface area (Å²) in [6.07, 6.45) is 3.08. The van der Waals surface area contributed by atoms with Crippen molar-refractivity contribution in [1.29, 1.82) is 0 Å². The van der Waals surface area contributed by atoms with Gasteiger partial charge in [-0.1, -0.05) is 11.6 Å². The van der Waals surface area contributed by atoms with Gasteiger partial charge in [-0.25, -0.2) is 13.2 Å². The maximum Gasteiger partial charge on any atom is 0.340 e. The van der Waals surface area contributed by atoms with Gasteiger partial charge in [-0.05, 0) is 43.2 Å². The van der Waals surface area contributed by atoms with Gasteiger partial charge in [-0.15, -0.1) is 0 Å². The first-order chi connectivity index (χ1) is 13.4. The number of benzene rings is 1. The largest absolute Gasteiger partial charge is 0.467 e. The van der Waals surface area contributed by atoms with E-state index in [1.807, 2.05) is 0 Å². The number of rotatable bonds is 7. The third-order valence-corrected chi connectivity index (χ3v) is 6.46. The smallest absolute Gasteiger partial charge is 0.340 e. The summed E-state index contributed by atoms with van der Waals surface area (Å²) in [7, 11) is -3.70. The monoisotopic (exact) mass is 426 g/mol. The minimum atomic E-state index is -3.70.